The van der Waals surface area contributed by atoms with Gasteiger partial charge in [0.1, 0.15) is 0 Å². The largest absolute Gasteiger partial charge is 0.290 e. The van der Waals surface area contributed by atoms with Gasteiger partial charge >= 0.3 is 0 Å². The molecule has 0 aromatic heterocycles. The van der Waals surface area contributed by atoms with E-state index >= 15 is 0 Å². The summed E-state index contributed by atoms with van der Waals surface area (Å²) in [6, 6.07) is 16.7. The summed E-state index contributed by atoms with van der Waals surface area (Å²) in [4.78, 5) is 12.3. The number of alkyl halides is 2. The van der Waals surface area contributed by atoms with E-state index < -0.39 is 17.3 Å². The summed E-state index contributed by atoms with van der Waals surface area (Å²) < 4.78 is 21.7. The van der Waals surface area contributed by atoms with E-state index in [9.17, 15) is 13.2 Å². The van der Waals surface area contributed by atoms with Gasteiger partial charge in [0, 0.05) is 11.8 Å². The number of halogens is 2. The molecule has 0 aliphatic heterocycles. The van der Waals surface area contributed by atoms with Gasteiger partial charge in [-0.25, -0.2) is 8.42 Å². The molecule has 1 unspecified atom stereocenters. The van der Waals surface area contributed by atoms with Crippen molar-refractivity contribution in [3.63, 3.8) is 0 Å². The molecule has 0 N–H and O–H groups in total. The van der Waals surface area contributed by atoms with Crippen molar-refractivity contribution in [2.75, 3.05) is 6.26 Å². The van der Waals surface area contributed by atoms with E-state index in [4.69, 9.17) is 0 Å². The third-order valence-electron chi connectivity index (χ3n) is 2.98. The third kappa shape index (κ3) is 3.54. The van der Waals surface area contributed by atoms with E-state index in [-0.39, 0.29) is 0 Å². The van der Waals surface area contributed by atoms with E-state index in [2.05, 4.69) is 15.9 Å². The lowest BCUT2D eigenvalue weighted by atomic mass is 10.0. The van der Waals surface area contributed by atoms with Crippen LogP contribution in [-0.4, -0.2) is 22.1 Å². The van der Waals surface area contributed by atoms with Crippen molar-refractivity contribution in [3.8, 4) is 11.1 Å². The molecular formula is C15H12BrIO3S. The number of hydrogen-bond acceptors (Lipinski definition) is 3. The zero-order chi connectivity index (χ0) is 15.7. The predicted molar refractivity (Wildman–Crippen MR) is 96.7 cm³/mol. The highest BCUT2D eigenvalue weighted by molar-refractivity contribution is 14.1. The van der Waals surface area contributed by atoms with Crippen LogP contribution in [0, 0.1) is 0 Å². The average molecular weight is 479 g/mol. The third-order valence-corrected chi connectivity index (χ3v) is 9.12. The molecule has 21 heavy (non-hydrogen) atoms. The monoisotopic (exact) mass is 478 g/mol. The van der Waals surface area contributed by atoms with Crippen molar-refractivity contribution in [1.82, 2.24) is 0 Å². The number of benzene rings is 2. The predicted octanol–water partition coefficient (Wildman–Crippen LogP) is 4.06. The highest BCUT2D eigenvalue weighted by atomic mass is 127. The van der Waals surface area contributed by atoms with Gasteiger partial charge in [-0.1, -0.05) is 54.6 Å². The first-order valence-electron chi connectivity index (χ1n) is 6.01. The Bertz CT molecular complexity index is 753. The Kier molecular flexibility index (Phi) is 4.89. The Labute approximate surface area is 145 Å². The van der Waals surface area contributed by atoms with Crippen molar-refractivity contribution in [3.05, 3.63) is 60.2 Å². The van der Waals surface area contributed by atoms with Crippen molar-refractivity contribution in [2.45, 2.75) is 1.66 Å². The Hall–Kier alpha value is -0.730. The molecule has 0 amide bonds. The molecule has 0 aliphatic carbocycles. The van der Waals surface area contributed by atoms with Gasteiger partial charge in [0.05, 0.1) is 0 Å². The Morgan fingerprint density at radius 2 is 1.48 bits per heavy atom. The standard InChI is InChI=1S/C15H12BrIO3S/c1-21(19,20)15(16,17)14(18)13-9-7-12(8-10-13)11-5-3-2-4-6-11/h2-10H,1H3. The van der Waals surface area contributed by atoms with E-state index in [1.807, 2.05) is 42.5 Å². The normalized spacial score (nSPS) is 14.4. The summed E-state index contributed by atoms with van der Waals surface area (Å²) in [5.41, 5.74) is 2.37. The molecule has 0 saturated carbocycles. The van der Waals surface area contributed by atoms with Gasteiger partial charge in [-0.05, 0) is 49.6 Å². The van der Waals surface area contributed by atoms with Crippen LogP contribution in [0.2, 0.25) is 0 Å². The lowest BCUT2D eigenvalue weighted by Gasteiger charge is -2.17. The van der Waals surface area contributed by atoms with Gasteiger partial charge in [0.15, 0.2) is 9.84 Å². The molecule has 0 bridgehead atoms. The van der Waals surface area contributed by atoms with Crippen molar-refractivity contribution < 1.29 is 13.2 Å². The molecule has 0 fully saturated rings. The summed E-state index contributed by atoms with van der Waals surface area (Å²) in [7, 11) is -3.56. The molecule has 0 heterocycles. The number of Topliss-reactive ketones (excluding diaryl/α,β-unsaturated/α-hetero) is 1. The van der Waals surface area contributed by atoms with Gasteiger partial charge in [0.25, 0.3) is 0 Å². The smallest absolute Gasteiger partial charge is 0.238 e. The highest BCUT2D eigenvalue weighted by Gasteiger charge is 2.43. The molecule has 1 atom stereocenters. The molecule has 110 valence electrons. The first kappa shape index (κ1) is 16.6. The van der Waals surface area contributed by atoms with Crippen molar-refractivity contribution in [1.29, 1.82) is 0 Å². The van der Waals surface area contributed by atoms with Crippen LogP contribution in [0.25, 0.3) is 11.1 Å². The van der Waals surface area contributed by atoms with Gasteiger partial charge < -0.3 is 0 Å². The molecule has 3 nitrogen and oxygen atoms in total. The number of ketones is 1. The SMILES string of the molecule is CS(=O)(=O)C(Br)(I)C(=O)c1ccc(-c2ccccc2)cc1. The van der Waals surface area contributed by atoms with Crippen LogP contribution in [-0.2, 0) is 9.84 Å². The zero-order valence-corrected chi connectivity index (χ0v) is 15.6. The zero-order valence-electron chi connectivity index (χ0n) is 11.1. The van der Waals surface area contributed by atoms with Crippen LogP contribution in [0.15, 0.2) is 54.6 Å². The molecule has 2 aromatic rings. The van der Waals surface area contributed by atoms with Crippen molar-refractivity contribution in [2.24, 2.45) is 0 Å². The number of rotatable bonds is 4. The first-order chi connectivity index (χ1) is 9.73. The van der Waals surface area contributed by atoms with E-state index in [0.29, 0.717) is 5.56 Å². The molecule has 0 radical (unpaired) electrons. The fraction of sp³-hybridized carbons (Fsp3) is 0.133. The van der Waals surface area contributed by atoms with Crippen LogP contribution in [0.5, 0.6) is 0 Å². The minimum absolute atomic E-state index is 0.353. The lowest BCUT2D eigenvalue weighted by Crippen LogP contribution is -2.33. The highest BCUT2D eigenvalue weighted by Crippen LogP contribution is 2.36. The van der Waals surface area contributed by atoms with Crippen LogP contribution >= 0.6 is 38.5 Å². The first-order valence-corrected chi connectivity index (χ1v) is 9.77. The number of carbonyl (C=O) groups excluding carboxylic acids is 1. The summed E-state index contributed by atoms with van der Waals surface area (Å²) in [6.45, 7) is 0. The molecule has 0 saturated heterocycles. The fourth-order valence-electron chi connectivity index (χ4n) is 1.78. The quantitative estimate of drug-likeness (QED) is 0.378. The summed E-state index contributed by atoms with van der Waals surface area (Å²) in [5.74, 6) is -0.481. The topological polar surface area (TPSA) is 51.2 Å². The van der Waals surface area contributed by atoms with Crippen LogP contribution in [0.4, 0.5) is 0 Å². The second-order valence-corrected chi connectivity index (χ2v) is 12.3. The van der Waals surface area contributed by atoms with E-state index in [1.165, 1.54) is 0 Å². The fourth-order valence-corrected chi connectivity index (χ4v) is 2.78. The average Bonchev–Trinajstić information content (AvgIpc) is 2.46. The second kappa shape index (κ2) is 6.18. The van der Waals surface area contributed by atoms with Gasteiger partial charge in [0.2, 0.25) is 7.45 Å². The Morgan fingerprint density at radius 1 is 1.00 bits per heavy atom. The number of hydrogen-bond donors (Lipinski definition) is 0. The molecule has 2 aromatic carbocycles. The van der Waals surface area contributed by atoms with Crippen LogP contribution in [0.3, 0.4) is 0 Å². The molecular weight excluding hydrogens is 467 g/mol. The molecule has 2 rings (SSSR count). The van der Waals surface area contributed by atoms with Crippen LogP contribution in [0.1, 0.15) is 10.4 Å². The Balaban J connectivity index is 2.34. The van der Waals surface area contributed by atoms with Gasteiger partial charge in [-0.15, -0.1) is 0 Å². The molecule has 6 heteroatoms. The Morgan fingerprint density at radius 3 is 1.95 bits per heavy atom. The maximum absolute atomic E-state index is 12.3. The maximum Gasteiger partial charge on any atom is 0.238 e. The summed E-state index contributed by atoms with van der Waals surface area (Å²) in [5, 5.41) is 0. The molecule has 0 spiro atoms. The van der Waals surface area contributed by atoms with Crippen LogP contribution < -0.4 is 0 Å². The second-order valence-electron chi connectivity index (χ2n) is 4.56. The minimum atomic E-state index is -3.56. The van der Waals surface area contributed by atoms with Gasteiger partial charge in [-0.2, -0.15) is 0 Å². The number of carbonyl (C=O) groups is 1. The summed E-state index contributed by atoms with van der Waals surface area (Å²) in [6.07, 6.45) is 1.03. The summed E-state index contributed by atoms with van der Waals surface area (Å²) >= 11 is 4.63. The lowest BCUT2D eigenvalue weighted by molar-refractivity contribution is 0.101. The van der Waals surface area contributed by atoms with Gasteiger partial charge in [-0.3, -0.25) is 4.79 Å². The van der Waals surface area contributed by atoms with E-state index in [1.54, 1.807) is 34.7 Å². The minimum Gasteiger partial charge on any atom is -0.290 e. The molecule has 0 aliphatic rings. The van der Waals surface area contributed by atoms with Crippen molar-refractivity contribution >= 4 is 54.1 Å². The maximum atomic E-state index is 12.3. The number of sulfone groups is 1. The van der Waals surface area contributed by atoms with E-state index in [0.717, 1.165) is 17.4 Å².